The van der Waals surface area contributed by atoms with Crippen LogP contribution >= 0.6 is 0 Å². The molecule has 0 saturated carbocycles. The molecule has 1 heterocycles. The van der Waals surface area contributed by atoms with Crippen molar-refractivity contribution in [1.82, 2.24) is 9.97 Å². The maximum absolute atomic E-state index is 12.6. The fourth-order valence-electron chi connectivity index (χ4n) is 2.54. The number of carbonyl (C=O) groups excluding carboxylic acids is 2. The number of hydrazine groups is 1. The van der Waals surface area contributed by atoms with Crippen LogP contribution in [0.3, 0.4) is 0 Å². The van der Waals surface area contributed by atoms with E-state index in [1.807, 2.05) is 18.0 Å². The van der Waals surface area contributed by atoms with Gasteiger partial charge in [-0.1, -0.05) is 18.2 Å². The molecule has 142 valence electrons. The Morgan fingerprint density at radius 3 is 2.54 bits per heavy atom. The molecule has 0 aliphatic carbocycles. The van der Waals surface area contributed by atoms with E-state index in [2.05, 4.69) is 10.3 Å². The number of amides is 2. The molecule has 0 saturated heterocycles. The van der Waals surface area contributed by atoms with Crippen LogP contribution in [-0.4, -0.2) is 21.8 Å². The first-order valence-corrected chi connectivity index (χ1v) is 8.24. The molecular formula is C19H17N5O4. The summed E-state index contributed by atoms with van der Waals surface area (Å²) in [5.41, 5.74) is 0.217. The van der Waals surface area contributed by atoms with Crippen LogP contribution in [0.5, 0.6) is 0 Å². The molecule has 0 unspecified atom stereocenters. The summed E-state index contributed by atoms with van der Waals surface area (Å²) in [5, 5.41) is 3.52. The number of hydrogen-bond donors (Lipinski definition) is 4. The van der Waals surface area contributed by atoms with E-state index >= 15 is 0 Å². The number of aryl methyl sites for hydroxylation is 1. The molecule has 9 heteroatoms. The standard InChI is InChI=1S/C19H17N5O4/c1-11-4-2-7-14(8-11)24(20)18(27)12-5-3-6-13(9-12)22-16(25)15-10-21-19(28)23-17(15)26/h2-10H,20H2,1H3,(H,22,25)(H2,21,23,26,28). The molecule has 2 aromatic carbocycles. The highest BCUT2D eigenvalue weighted by Gasteiger charge is 2.16. The van der Waals surface area contributed by atoms with Gasteiger partial charge in [-0.2, -0.15) is 0 Å². The first-order valence-electron chi connectivity index (χ1n) is 8.24. The second kappa shape index (κ2) is 7.72. The van der Waals surface area contributed by atoms with E-state index in [4.69, 9.17) is 5.84 Å². The van der Waals surface area contributed by atoms with Gasteiger partial charge in [-0.15, -0.1) is 0 Å². The van der Waals surface area contributed by atoms with Gasteiger partial charge in [-0.05, 0) is 42.8 Å². The highest BCUT2D eigenvalue weighted by atomic mass is 16.2. The summed E-state index contributed by atoms with van der Waals surface area (Å²) in [5.74, 6) is 4.73. The molecule has 5 N–H and O–H groups in total. The molecule has 2 amide bonds. The lowest BCUT2D eigenvalue weighted by Crippen LogP contribution is -2.37. The molecule has 0 aliphatic heterocycles. The molecule has 0 atom stereocenters. The first kappa shape index (κ1) is 18.8. The molecule has 0 spiro atoms. The lowest BCUT2D eigenvalue weighted by atomic mass is 10.1. The van der Waals surface area contributed by atoms with Gasteiger partial charge >= 0.3 is 5.69 Å². The fraction of sp³-hybridized carbons (Fsp3) is 0.0526. The van der Waals surface area contributed by atoms with E-state index in [1.165, 1.54) is 6.07 Å². The summed E-state index contributed by atoms with van der Waals surface area (Å²) in [6, 6.07) is 13.3. The monoisotopic (exact) mass is 379 g/mol. The SMILES string of the molecule is Cc1cccc(N(N)C(=O)c2cccc(NC(=O)c3c[nH]c(=O)[nH]c3=O)c2)c1. The lowest BCUT2D eigenvalue weighted by molar-refractivity contribution is 0.0984. The van der Waals surface area contributed by atoms with Crippen LogP contribution in [0.2, 0.25) is 0 Å². The summed E-state index contributed by atoms with van der Waals surface area (Å²) >= 11 is 0. The number of hydrogen-bond acceptors (Lipinski definition) is 5. The van der Waals surface area contributed by atoms with Crippen LogP contribution in [0, 0.1) is 6.92 Å². The minimum absolute atomic E-state index is 0.247. The molecule has 0 aliphatic rings. The van der Waals surface area contributed by atoms with Crippen molar-refractivity contribution in [2.24, 2.45) is 5.84 Å². The predicted octanol–water partition coefficient (Wildman–Crippen LogP) is 1.14. The Hall–Kier alpha value is -3.98. The lowest BCUT2D eigenvalue weighted by Gasteiger charge is -2.17. The number of H-pyrrole nitrogens is 2. The van der Waals surface area contributed by atoms with Crippen molar-refractivity contribution in [3.8, 4) is 0 Å². The number of rotatable bonds is 4. The van der Waals surface area contributed by atoms with Crippen molar-refractivity contribution in [3.63, 3.8) is 0 Å². The molecule has 0 radical (unpaired) electrons. The van der Waals surface area contributed by atoms with Gasteiger partial charge in [-0.3, -0.25) is 19.4 Å². The smallest absolute Gasteiger partial charge is 0.322 e. The Balaban J connectivity index is 1.81. The topological polar surface area (TPSA) is 141 Å². The van der Waals surface area contributed by atoms with Crippen LogP contribution in [0.1, 0.15) is 26.3 Å². The minimum atomic E-state index is -0.818. The van der Waals surface area contributed by atoms with E-state index in [-0.39, 0.29) is 11.1 Å². The number of anilines is 2. The number of nitrogens with two attached hydrogens (primary N) is 1. The van der Waals surface area contributed by atoms with Gasteiger partial charge in [0.25, 0.3) is 17.4 Å². The van der Waals surface area contributed by atoms with E-state index < -0.39 is 23.1 Å². The Morgan fingerprint density at radius 2 is 1.82 bits per heavy atom. The van der Waals surface area contributed by atoms with Gasteiger partial charge in [0.2, 0.25) is 0 Å². The third-order valence-electron chi connectivity index (χ3n) is 3.93. The first-order chi connectivity index (χ1) is 13.3. The van der Waals surface area contributed by atoms with E-state index in [0.717, 1.165) is 16.8 Å². The number of benzene rings is 2. The average Bonchev–Trinajstić information content (AvgIpc) is 2.67. The van der Waals surface area contributed by atoms with E-state index in [9.17, 15) is 19.2 Å². The maximum Gasteiger partial charge on any atom is 0.325 e. The molecule has 0 bridgehead atoms. The Morgan fingerprint density at radius 1 is 1.07 bits per heavy atom. The molecule has 1 aromatic heterocycles. The molecule has 0 fully saturated rings. The fourth-order valence-corrected chi connectivity index (χ4v) is 2.54. The highest BCUT2D eigenvalue weighted by molar-refractivity contribution is 6.07. The summed E-state index contributed by atoms with van der Waals surface area (Å²) in [4.78, 5) is 51.8. The summed E-state index contributed by atoms with van der Waals surface area (Å²) in [7, 11) is 0. The van der Waals surface area contributed by atoms with Gasteiger partial charge in [0.15, 0.2) is 0 Å². The zero-order valence-electron chi connectivity index (χ0n) is 14.9. The van der Waals surface area contributed by atoms with Gasteiger partial charge in [0.05, 0.1) is 5.69 Å². The van der Waals surface area contributed by atoms with Crippen molar-refractivity contribution in [2.75, 3.05) is 10.3 Å². The molecule has 28 heavy (non-hydrogen) atoms. The van der Waals surface area contributed by atoms with Crippen molar-refractivity contribution in [1.29, 1.82) is 0 Å². The van der Waals surface area contributed by atoms with Gasteiger partial charge in [0.1, 0.15) is 5.56 Å². The number of nitrogens with zero attached hydrogens (tertiary/aromatic N) is 1. The average molecular weight is 379 g/mol. The number of nitrogens with one attached hydrogen (secondary N) is 3. The van der Waals surface area contributed by atoms with Crippen molar-refractivity contribution < 1.29 is 9.59 Å². The molecular weight excluding hydrogens is 362 g/mol. The molecule has 9 nitrogen and oxygen atoms in total. The van der Waals surface area contributed by atoms with Crippen LogP contribution in [0.4, 0.5) is 11.4 Å². The second-order valence-corrected chi connectivity index (χ2v) is 6.03. The predicted molar refractivity (Wildman–Crippen MR) is 104 cm³/mol. The third kappa shape index (κ3) is 4.05. The summed E-state index contributed by atoms with van der Waals surface area (Å²) < 4.78 is 0. The van der Waals surface area contributed by atoms with Crippen LogP contribution in [0.25, 0.3) is 0 Å². The quantitative estimate of drug-likeness (QED) is 0.306. The van der Waals surface area contributed by atoms with Crippen molar-refractivity contribution in [2.45, 2.75) is 6.92 Å². The second-order valence-electron chi connectivity index (χ2n) is 6.03. The minimum Gasteiger partial charge on any atom is -0.322 e. The van der Waals surface area contributed by atoms with E-state index in [0.29, 0.717) is 11.4 Å². The van der Waals surface area contributed by atoms with Gasteiger partial charge in [-0.25, -0.2) is 15.6 Å². The van der Waals surface area contributed by atoms with Crippen molar-refractivity contribution in [3.05, 3.63) is 92.3 Å². The highest BCUT2D eigenvalue weighted by Crippen LogP contribution is 2.18. The van der Waals surface area contributed by atoms with Crippen LogP contribution < -0.4 is 27.4 Å². The Bertz CT molecular complexity index is 1160. The number of aromatic nitrogens is 2. The largest absolute Gasteiger partial charge is 0.325 e. The number of carbonyl (C=O) groups is 2. The zero-order chi connectivity index (χ0) is 20.3. The molecule has 3 aromatic rings. The van der Waals surface area contributed by atoms with Gasteiger partial charge < -0.3 is 10.3 Å². The molecule has 3 rings (SSSR count). The Kier molecular flexibility index (Phi) is 5.18. The normalized spacial score (nSPS) is 10.4. The maximum atomic E-state index is 12.6. The van der Waals surface area contributed by atoms with E-state index in [1.54, 1.807) is 36.4 Å². The van der Waals surface area contributed by atoms with Crippen LogP contribution in [0.15, 0.2) is 64.3 Å². The summed E-state index contributed by atoms with van der Waals surface area (Å²) in [6.07, 6.45) is 1.02. The Labute approximate surface area is 158 Å². The van der Waals surface area contributed by atoms with Crippen molar-refractivity contribution >= 4 is 23.2 Å². The number of aromatic amines is 2. The van der Waals surface area contributed by atoms with Crippen LogP contribution in [-0.2, 0) is 0 Å². The summed E-state index contributed by atoms with van der Waals surface area (Å²) in [6.45, 7) is 1.89. The van der Waals surface area contributed by atoms with Gasteiger partial charge in [0, 0.05) is 17.4 Å². The third-order valence-corrected chi connectivity index (χ3v) is 3.93. The zero-order valence-corrected chi connectivity index (χ0v) is 14.9.